The molecule has 2 N–H and O–H groups in total. The van der Waals surface area contributed by atoms with Crippen LogP contribution in [0.2, 0.25) is 0 Å². The number of nitrogens with one attached hydrogen (secondary N) is 1. The van der Waals surface area contributed by atoms with Crippen molar-refractivity contribution in [1.82, 2.24) is 14.9 Å². The zero-order valence-electron chi connectivity index (χ0n) is 13.7. The van der Waals surface area contributed by atoms with Crippen molar-refractivity contribution in [1.29, 1.82) is 5.26 Å². The maximum Gasteiger partial charge on any atom is 0.259 e. The number of aromatic amines is 1. The van der Waals surface area contributed by atoms with Crippen LogP contribution in [-0.4, -0.2) is 53.8 Å². The van der Waals surface area contributed by atoms with Gasteiger partial charge in [0.2, 0.25) is 0 Å². The SMILES string of the molecule is COCCCN(C)C/C(O)=C(\C#N)c1nc2ccccc2c(=O)[nH]1. The van der Waals surface area contributed by atoms with Crippen LogP contribution in [0.4, 0.5) is 0 Å². The van der Waals surface area contributed by atoms with Gasteiger partial charge < -0.3 is 14.8 Å². The average Bonchev–Trinajstić information content (AvgIpc) is 2.56. The number of aromatic nitrogens is 2. The number of rotatable bonds is 7. The standard InChI is InChI=1S/C17H20N4O3/c1-21(8-5-9-24-2)11-15(22)13(10-18)16-19-14-7-4-3-6-12(14)17(23)20-16/h3-4,6-7,22H,5,8-9,11H2,1-2H3,(H,19,20,23)/b15-13-. The predicted molar refractivity (Wildman–Crippen MR) is 91.5 cm³/mol. The Balaban J connectivity index is 2.30. The lowest BCUT2D eigenvalue weighted by molar-refractivity contribution is 0.178. The summed E-state index contributed by atoms with van der Waals surface area (Å²) in [6.07, 6.45) is 0.813. The molecule has 1 aromatic carbocycles. The molecule has 0 bridgehead atoms. The number of aliphatic hydroxyl groups excluding tert-OH is 1. The van der Waals surface area contributed by atoms with E-state index in [-0.39, 0.29) is 29.3 Å². The summed E-state index contributed by atoms with van der Waals surface area (Å²) in [6.45, 7) is 1.51. The maximum atomic E-state index is 12.1. The van der Waals surface area contributed by atoms with E-state index < -0.39 is 0 Å². The van der Waals surface area contributed by atoms with Crippen molar-refractivity contribution in [3.63, 3.8) is 0 Å². The van der Waals surface area contributed by atoms with Gasteiger partial charge in [0.1, 0.15) is 17.4 Å². The molecule has 7 heteroatoms. The quantitative estimate of drug-likeness (QED) is 0.455. The fourth-order valence-corrected chi connectivity index (χ4v) is 2.35. The molecule has 0 radical (unpaired) electrons. The van der Waals surface area contributed by atoms with Gasteiger partial charge in [0.25, 0.3) is 5.56 Å². The summed E-state index contributed by atoms with van der Waals surface area (Å²) < 4.78 is 4.99. The van der Waals surface area contributed by atoms with E-state index in [0.29, 0.717) is 24.1 Å². The van der Waals surface area contributed by atoms with Crippen LogP contribution in [0.15, 0.2) is 34.8 Å². The number of allylic oxidation sites excluding steroid dienone is 1. The number of likely N-dealkylation sites (N-methyl/N-ethyl adjacent to an activating group) is 1. The Hall–Kier alpha value is -2.69. The number of nitrogens with zero attached hydrogens (tertiary/aromatic N) is 3. The third kappa shape index (κ3) is 4.19. The molecule has 0 saturated heterocycles. The normalized spacial score (nSPS) is 12.2. The summed E-state index contributed by atoms with van der Waals surface area (Å²) in [4.78, 5) is 20.8. The number of hydrogen-bond donors (Lipinski definition) is 2. The van der Waals surface area contributed by atoms with E-state index >= 15 is 0 Å². The van der Waals surface area contributed by atoms with Crippen molar-refractivity contribution in [3.8, 4) is 6.07 Å². The van der Waals surface area contributed by atoms with Crippen LogP contribution in [0.1, 0.15) is 12.2 Å². The van der Waals surface area contributed by atoms with E-state index in [0.717, 1.165) is 6.42 Å². The van der Waals surface area contributed by atoms with Gasteiger partial charge in [-0.3, -0.25) is 9.69 Å². The van der Waals surface area contributed by atoms with Gasteiger partial charge in [0, 0.05) is 20.3 Å². The second-order valence-electron chi connectivity index (χ2n) is 5.45. The third-order valence-corrected chi connectivity index (χ3v) is 3.56. The smallest absolute Gasteiger partial charge is 0.259 e. The highest BCUT2D eigenvalue weighted by Crippen LogP contribution is 2.15. The first-order valence-corrected chi connectivity index (χ1v) is 7.56. The summed E-state index contributed by atoms with van der Waals surface area (Å²) in [5, 5.41) is 20.1. The first-order chi connectivity index (χ1) is 11.6. The van der Waals surface area contributed by atoms with Gasteiger partial charge in [0.05, 0.1) is 17.4 Å². The molecule has 0 aliphatic heterocycles. The van der Waals surface area contributed by atoms with Crippen LogP contribution in [0.25, 0.3) is 16.5 Å². The van der Waals surface area contributed by atoms with E-state index in [1.54, 1.807) is 31.4 Å². The lowest BCUT2D eigenvalue weighted by atomic mass is 10.2. The number of hydrogen-bond acceptors (Lipinski definition) is 6. The van der Waals surface area contributed by atoms with Gasteiger partial charge in [-0.2, -0.15) is 5.26 Å². The minimum absolute atomic E-state index is 0.0311. The lowest BCUT2D eigenvalue weighted by Gasteiger charge is -2.16. The molecule has 1 heterocycles. The Morgan fingerprint density at radius 1 is 1.46 bits per heavy atom. The monoisotopic (exact) mass is 328 g/mol. The number of H-pyrrole nitrogens is 1. The van der Waals surface area contributed by atoms with E-state index in [1.165, 1.54) is 0 Å². The first-order valence-electron chi connectivity index (χ1n) is 7.56. The fraction of sp³-hybridized carbons (Fsp3) is 0.353. The second-order valence-corrected chi connectivity index (χ2v) is 5.45. The van der Waals surface area contributed by atoms with Gasteiger partial charge in [-0.15, -0.1) is 0 Å². The molecule has 2 rings (SSSR count). The van der Waals surface area contributed by atoms with Gasteiger partial charge in [-0.1, -0.05) is 12.1 Å². The lowest BCUT2D eigenvalue weighted by Crippen LogP contribution is -2.24. The Kier molecular flexibility index (Phi) is 6.07. The molecular formula is C17H20N4O3. The summed E-state index contributed by atoms with van der Waals surface area (Å²) in [5.41, 5.74) is 0.103. The molecule has 24 heavy (non-hydrogen) atoms. The molecule has 0 aliphatic carbocycles. The van der Waals surface area contributed by atoms with Crippen LogP contribution in [0.3, 0.4) is 0 Å². The molecule has 0 atom stereocenters. The highest BCUT2D eigenvalue weighted by molar-refractivity contribution is 5.81. The number of para-hydroxylation sites is 1. The molecular weight excluding hydrogens is 308 g/mol. The zero-order chi connectivity index (χ0) is 17.5. The summed E-state index contributed by atoms with van der Waals surface area (Å²) in [6, 6.07) is 8.78. The van der Waals surface area contributed by atoms with E-state index in [4.69, 9.17) is 4.74 Å². The number of nitriles is 1. The summed E-state index contributed by atoms with van der Waals surface area (Å²) >= 11 is 0. The molecule has 2 aromatic rings. The summed E-state index contributed by atoms with van der Waals surface area (Å²) in [7, 11) is 3.46. The summed E-state index contributed by atoms with van der Waals surface area (Å²) in [5.74, 6) is -0.0557. The number of ether oxygens (including phenoxy) is 1. The molecule has 0 aliphatic rings. The predicted octanol–water partition coefficient (Wildman–Crippen LogP) is 1.68. The Bertz CT molecular complexity index is 836. The van der Waals surface area contributed by atoms with Gasteiger partial charge >= 0.3 is 0 Å². The maximum absolute atomic E-state index is 12.1. The van der Waals surface area contributed by atoms with Crippen LogP contribution < -0.4 is 5.56 Å². The van der Waals surface area contributed by atoms with Gasteiger partial charge in [-0.25, -0.2) is 4.98 Å². The van der Waals surface area contributed by atoms with Crippen LogP contribution in [-0.2, 0) is 4.74 Å². The third-order valence-electron chi connectivity index (χ3n) is 3.56. The topological polar surface area (TPSA) is 102 Å². The molecule has 0 saturated carbocycles. The van der Waals surface area contributed by atoms with Crippen LogP contribution in [0, 0.1) is 11.3 Å². The molecule has 0 spiro atoms. The molecule has 0 amide bonds. The number of fused-ring (bicyclic) bond motifs is 1. The number of aliphatic hydroxyl groups is 1. The van der Waals surface area contributed by atoms with E-state index in [2.05, 4.69) is 9.97 Å². The van der Waals surface area contributed by atoms with Crippen molar-refractivity contribution in [2.45, 2.75) is 6.42 Å². The number of benzene rings is 1. The zero-order valence-corrected chi connectivity index (χ0v) is 13.7. The molecule has 0 unspecified atom stereocenters. The van der Waals surface area contributed by atoms with E-state index in [1.807, 2.05) is 18.0 Å². The average molecular weight is 328 g/mol. The van der Waals surface area contributed by atoms with Crippen LogP contribution >= 0.6 is 0 Å². The second kappa shape index (κ2) is 8.24. The highest BCUT2D eigenvalue weighted by atomic mass is 16.5. The fourth-order valence-electron chi connectivity index (χ4n) is 2.35. The largest absolute Gasteiger partial charge is 0.509 e. The molecule has 1 aromatic heterocycles. The minimum atomic E-state index is -0.343. The molecule has 7 nitrogen and oxygen atoms in total. The van der Waals surface area contributed by atoms with Gasteiger partial charge in [-0.05, 0) is 25.6 Å². The molecule has 126 valence electrons. The minimum Gasteiger partial charge on any atom is -0.509 e. The van der Waals surface area contributed by atoms with Crippen molar-refractivity contribution in [3.05, 3.63) is 46.2 Å². The highest BCUT2D eigenvalue weighted by Gasteiger charge is 2.14. The van der Waals surface area contributed by atoms with Crippen molar-refractivity contribution >= 4 is 16.5 Å². The Labute approximate surface area is 139 Å². The van der Waals surface area contributed by atoms with Crippen molar-refractivity contribution < 1.29 is 9.84 Å². The van der Waals surface area contributed by atoms with Gasteiger partial charge in [0.15, 0.2) is 5.82 Å². The molecule has 0 fully saturated rings. The van der Waals surface area contributed by atoms with E-state index in [9.17, 15) is 15.2 Å². The Morgan fingerprint density at radius 2 is 2.21 bits per heavy atom. The first kappa shape index (κ1) is 17.7. The Morgan fingerprint density at radius 3 is 2.92 bits per heavy atom. The van der Waals surface area contributed by atoms with Crippen molar-refractivity contribution in [2.24, 2.45) is 0 Å². The number of methoxy groups -OCH3 is 1. The van der Waals surface area contributed by atoms with Crippen molar-refractivity contribution in [2.75, 3.05) is 33.9 Å². The van der Waals surface area contributed by atoms with Crippen LogP contribution in [0.5, 0.6) is 0 Å².